The van der Waals surface area contributed by atoms with Gasteiger partial charge in [-0.05, 0) is 12.1 Å². The van der Waals surface area contributed by atoms with Crippen LogP contribution in [0.25, 0.3) is 5.69 Å². The predicted octanol–water partition coefficient (Wildman–Crippen LogP) is 2.01. The van der Waals surface area contributed by atoms with E-state index in [0.29, 0.717) is 0 Å². The SMILES string of the molecule is O=C(c1cnn(-c2ccccc2)c1)N1CC[C@](O)(C(F)(F)F)C1. The first-order valence-electron chi connectivity index (χ1n) is 6.99. The molecule has 8 heteroatoms. The third-order valence-electron chi connectivity index (χ3n) is 3.91. The number of para-hydroxylation sites is 1. The van der Waals surface area contributed by atoms with Crippen molar-refractivity contribution < 1.29 is 23.1 Å². The van der Waals surface area contributed by atoms with Gasteiger partial charge in [0.05, 0.1) is 24.0 Å². The van der Waals surface area contributed by atoms with Crippen LogP contribution in [0.5, 0.6) is 0 Å². The number of hydrogen-bond donors (Lipinski definition) is 1. The van der Waals surface area contributed by atoms with Crippen molar-refractivity contribution in [3.05, 3.63) is 48.3 Å². The van der Waals surface area contributed by atoms with Gasteiger partial charge in [0, 0.05) is 19.2 Å². The molecule has 5 nitrogen and oxygen atoms in total. The first-order valence-corrected chi connectivity index (χ1v) is 6.99. The minimum atomic E-state index is -4.75. The number of nitrogens with zero attached hydrogens (tertiary/aromatic N) is 3. The number of alkyl halides is 3. The number of halogens is 3. The number of amides is 1. The van der Waals surface area contributed by atoms with Crippen LogP contribution in [-0.2, 0) is 0 Å². The van der Waals surface area contributed by atoms with E-state index in [0.717, 1.165) is 10.6 Å². The molecular formula is C15H14F3N3O2. The molecular weight excluding hydrogens is 311 g/mol. The number of aliphatic hydroxyl groups is 1. The molecule has 2 aromatic rings. The van der Waals surface area contributed by atoms with E-state index >= 15 is 0 Å². The molecule has 0 radical (unpaired) electrons. The van der Waals surface area contributed by atoms with E-state index in [4.69, 9.17) is 0 Å². The molecule has 1 fully saturated rings. The maximum atomic E-state index is 12.8. The summed E-state index contributed by atoms with van der Waals surface area (Å²) in [6.45, 7) is -0.906. The molecule has 2 heterocycles. The zero-order valence-electron chi connectivity index (χ0n) is 12.0. The van der Waals surface area contributed by atoms with Crippen molar-refractivity contribution in [2.75, 3.05) is 13.1 Å². The van der Waals surface area contributed by atoms with Crippen molar-refractivity contribution in [1.82, 2.24) is 14.7 Å². The monoisotopic (exact) mass is 325 g/mol. The van der Waals surface area contributed by atoms with Gasteiger partial charge in [-0.2, -0.15) is 18.3 Å². The van der Waals surface area contributed by atoms with E-state index in [1.165, 1.54) is 17.1 Å². The second-order valence-electron chi connectivity index (χ2n) is 5.52. The van der Waals surface area contributed by atoms with Gasteiger partial charge in [-0.1, -0.05) is 18.2 Å². The van der Waals surface area contributed by atoms with Gasteiger partial charge in [-0.25, -0.2) is 4.68 Å². The molecule has 0 spiro atoms. The molecule has 1 amide bonds. The molecule has 23 heavy (non-hydrogen) atoms. The van der Waals surface area contributed by atoms with Crippen LogP contribution in [0.15, 0.2) is 42.7 Å². The lowest BCUT2D eigenvalue weighted by Gasteiger charge is -2.25. The van der Waals surface area contributed by atoms with Crippen LogP contribution < -0.4 is 0 Å². The first kappa shape index (κ1) is 15.5. The minimum Gasteiger partial charge on any atom is -0.379 e. The van der Waals surface area contributed by atoms with E-state index in [1.54, 1.807) is 12.1 Å². The molecule has 1 aromatic heterocycles. The minimum absolute atomic E-state index is 0.147. The average Bonchev–Trinajstić information content (AvgIpc) is 3.14. The Morgan fingerprint density at radius 1 is 1.26 bits per heavy atom. The fraction of sp³-hybridized carbons (Fsp3) is 0.333. The highest BCUT2D eigenvalue weighted by Gasteiger charge is 2.57. The number of aromatic nitrogens is 2. The number of carbonyl (C=O) groups excluding carboxylic acids is 1. The summed E-state index contributed by atoms with van der Waals surface area (Å²) in [4.78, 5) is 13.3. The standard InChI is InChI=1S/C15H14F3N3O2/c16-15(17,18)14(23)6-7-20(10-14)13(22)11-8-19-21(9-11)12-4-2-1-3-5-12/h1-5,8-9,23H,6-7,10H2/t14-/m1/s1. The largest absolute Gasteiger partial charge is 0.419 e. The van der Waals surface area contributed by atoms with E-state index < -0.39 is 30.7 Å². The Morgan fingerprint density at radius 3 is 2.57 bits per heavy atom. The van der Waals surface area contributed by atoms with Gasteiger partial charge >= 0.3 is 6.18 Å². The molecule has 0 unspecified atom stereocenters. The van der Waals surface area contributed by atoms with Crippen LogP contribution in [0.1, 0.15) is 16.8 Å². The van der Waals surface area contributed by atoms with Gasteiger partial charge < -0.3 is 10.0 Å². The van der Waals surface area contributed by atoms with Gasteiger partial charge in [0.2, 0.25) is 0 Å². The topological polar surface area (TPSA) is 58.4 Å². The van der Waals surface area contributed by atoms with Crippen LogP contribution in [-0.4, -0.2) is 50.6 Å². The van der Waals surface area contributed by atoms with Crippen LogP contribution >= 0.6 is 0 Å². The number of benzene rings is 1. The van der Waals surface area contributed by atoms with Gasteiger partial charge in [0.1, 0.15) is 0 Å². The molecule has 0 saturated carbocycles. The number of rotatable bonds is 2. The number of likely N-dealkylation sites (tertiary alicyclic amines) is 1. The predicted molar refractivity (Wildman–Crippen MR) is 75.1 cm³/mol. The Labute approximate surface area is 129 Å². The van der Waals surface area contributed by atoms with Crippen LogP contribution in [0.3, 0.4) is 0 Å². The maximum Gasteiger partial charge on any atom is 0.419 e. The van der Waals surface area contributed by atoms with Gasteiger partial charge in [-0.3, -0.25) is 4.79 Å². The summed E-state index contributed by atoms with van der Waals surface area (Å²) in [5, 5.41) is 13.7. The van der Waals surface area contributed by atoms with Crippen LogP contribution in [0, 0.1) is 0 Å². The number of hydrogen-bond acceptors (Lipinski definition) is 3. The molecule has 1 atom stereocenters. The van der Waals surface area contributed by atoms with Gasteiger partial charge in [0.15, 0.2) is 5.60 Å². The van der Waals surface area contributed by atoms with Crippen molar-refractivity contribution in [2.24, 2.45) is 0 Å². The molecule has 1 saturated heterocycles. The molecule has 1 aliphatic rings. The highest BCUT2D eigenvalue weighted by Crippen LogP contribution is 2.37. The van der Waals surface area contributed by atoms with Crippen molar-refractivity contribution >= 4 is 5.91 Å². The molecule has 0 bridgehead atoms. The zero-order chi connectivity index (χ0) is 16.7. The fourth-order valence-corrected chi connectivity index (χ4v) is 2.54. The van der Waals surface area contributed by atoms with Crippen molar-refractivity contribution in [3.8, 4) is 5.69 Å². The lowest BCUT2D eigenvalue weighted by molar-refractivity contribution is -0.253. The summed E-state index contributed by atoms with van der Waals surface area (Å²) in [6.07, 6.45) is -2.51. The molecule has 122 valence electrons. The van der Waals surface area contributed by atoms with Crippen LogP contribution in [0.4, 0.5) is 13.2 Å². The van der Waals surface area contributed by atoms with Crippen molar-refractivity contribution in [2.45, 2.75) is 18.2 Å². The third-order valence-corrected chi connectivity index (χ3v) is 3.91. The Kier molecular flexibility index (Phi) is 3.63. The van der Waals surface area contributed by atoms with Crippen molar-refractivity contribution in [1.29, 1.82) is 0 Å². The molecule has 0 aliphatic carbocycles. The summed E-state index contributed by atoms with van der Waals surface area (Å²) >= 11 is 0. The highest BCUT2D eigenvalue weighted by atomic mass is 19.4. The second kappa shape index (κ2) is 5.38. The molecule has 1 N–H and O–H groups in total. The molecule has 1 aromatic carbocycles. The third kappa shape index (κ3) is 2.81. The highest BCUT2D eigenvalue weighted by molar-refractivity contribution is 5.94. The molecule has 3 rings (SSSR count). The lowest BCUT2D eigenvalue weighted by Crippen LogP contribution is -2.48. The quantitative estimate of drug-likeness (QED) is 0.919. The average molecular weight is 325 g/mol. The second-order valence-corrected chi connectivity index (χ2v) is 5.52. The summed E-state index contributed by atoms with van der Waals surface area (Å²) in [5.74, 6) is -0.577. The summed E-state index contributed by atoms with van der Waals surface area (Å²) in [5.41, 5.74) is -1.92. The summed E-state index contributed by atoms with van der Waals surface area (Å²) in [7, 11) is 0. The van der Waals surface area contributed by atoms with Crippen LogP contribution in [0.2, 0.25) is 0 Å². The Morgan fingerprint density at radius 2 is 1.96 bits per heavy atom. The summed E-state index contributed by atoms with van der Waals surface area (Å²) in [6, 6.07) is 9.03. The smallest absolute Gasteiger partial charge is 0.379 e. The Balaban J connectivity index is 1.77. The maximum absolute atomic E-state index is 12.8. The number of β-amino-alcohol motifs (C(OH)–C–C–N with tert-alkyl or cyclic N) is 1. The lowest BCUT2D eigenvalue weighted by atomic mass is 10.0. The molecule has 1 aliphatic heterocycles. The Hall–Kier alpha value is -2.35. The summed E-state index contributed by atoms with van der Waals surface area (Å²) < 4.78 is 39.9. The van der Waals surface area contributed by atoms with E-state index in [9.17, 15) is 23.1 Å². The van der Waals surface area contributed by atoms with Gasteiger partial charge in [0.25, 0.3) is 5.91 Å². The normalized spacial score (nSPS) is 21.7. The number of carbonyl (C=O) groups is 1. The van der Waals surface area contributed by atoms with Gasteiger partial charge in [-0.15, -0.1) is 0 Å². The Bertz CT molecular complexity index is 714. The van der Waals surface area contributed by atoms with E-state index in [1.807, 2.05) is 18.2 Å². The first-order chi connectivity index (χ1) is 10.8. The van der Waals surface area contributed by atoms with E-state index in [-0.39, 0.29) is 12.1 Å². The van der Waals surface area contributed by atoms with E-state index in [2.05, 4.69) is 5.10 Å². The van der Waals surface area contributed by atoms with Crippen molar-refractivity contribution in [3.63, 3.8) is 0 Å². The fourth-order valence-electron chi connectivity index (χ4n) is 2.54. The zero-order valence-corrected chi connectivity index (χ0v) is 12.0.